The highest BCUT2D eigenvalue weighted by Gasteiger charge is 2.37. The number of aryl methyl sites for hydroxylation is 1. The summed E-state index contributed by atoms with van der Waals surface area (Å²) >= 11 is 0. The zero-order chi connectivity index (χ0) is 26.8. The number of aromatic nitrogens is 2. The van der Waals surface area contributed by atoms with Crippen molar-refractivity contribution < 1.29 is 22.5 Å². The van der Waals surface area contributed by atoms with Gasteiger partial charge in [-0.15, -0.1) is 0 Å². The first-order valence-electron chi connectivity index (χ1n) is 12.9. The summed E-state index contributed by atoms with van der Waals surface area (Å²) in [5, 5.41) is 13.0. The van der Waals surface area contributed by atoms with Crippen LogP contribution in [-0.4, -0.2) is 52.2 Å². The van der Waals surface area contributed by atoms with E-state index in [1.807, 2.05) is 0 Å². The molecule has 10 heteroatoms. The van der Waals surface area contributed by atoms with Crippen molar-refractivity contribution in [3.8, 4) is 17.5 Å². The third kappa shape index (κ3) is 5.23. The predicted molar refractivity (Wildman–Crippen MR) is 132 cm³/mol. The first-order chi connectivity index (χ1) is 18.4. The second kappa shape index (κ2) is 10.9. The van der Waals surface area contributed by atoms with Crippen molar-refractivity contribution in [2.45, 2.75) is 44.4 Å². The van der Waals surface area contributed by atoms with Gasteiger partial charge in [0, 0.05) is 44.1 Å². The van der Waals surface area contributed by atoms with E-state index in [1.165, 1.54) is 5.56 Å². The van der Waals surface area contributed by atoms with Crippen molar-refractivity contribution in [1.82, 2.24) is 19.9 Å². The smallest absolute Gasteiger partial charge is 0.320 e. The Kier molecular flexibility index (Phi) is 7.36. The minimum atomic E-state index is -1.30. The molecule has 1 aromatic heterocycles. The first kappa shape index (κ1) is 25.8. The van der Waals surface area contributed by atoms with Crippen LogP contribution in [-0.2, 0) is 6.42 Å². The summed E-state index contributed by atoms with van der Waals surface area (Å²) in [5.41, 5.74) is 2.00. The van der Waals surface area contributed by atoms with Crippen LogP contribution < -0.4 is 0 Å². The quantitative estimate of drug-likeness (QED) is 0.413. The summed E-state index contributed by atoms with van der Waals surface area (Å²) in [6.45, 7) is 3.97. The van der Waals surface area contributed by atoms with E-state index < -0.39 is 17.5 Å². The number of likely N-dealkylation sites (tertiary alicyclic amines) is 2. The topological polar surface area (TPSA) is 86.3 Å². The fourth-order valence-corrected chi connectivity index (χ4v) is 5.31. The molecule has 2 unspecified atom stereocenters. The van der Waals surface area contributed by atoms with Crippen LogP contribution in [0.3, 0.4) is 0 Å². The number of hydrogen-bond acceptors (Lipinski definition) is 5. The Hall–Kier alpha value is -3.87. The highest BCUT2D eigenvalue weighted by atomic mass is 19.2. The Morgan fingerprint density at radius 1 is 1.03 bits per heavy atom. The van der Waals surface area contributed by atoms with E-state index in [0.29, 0.717) is 57.6 Å². The van der Waals surface area contributed by atoms with Crippen LogP contribution in [0.5, 0.6) is 0 Å². The highest BCUT2D eigenvalue weighted by molar-refractivity contribution is 5.75. The molecule has 0 bridgehead atoms. The molecular formula is C28H28F3N5O2. The molecule has 5 rings (SSSR count). The van der Waals surface area contributed by atoms with E-state index in [9.17, 15) is 23.2 Å². The Morgan fingerprint density at radius 3 is 2.39 bits per heavy atom. The van der Waals surface area contributed by atoms with Crippen LogP contribution in [0, 0.1) is 34.7 Å². The molecule has 3 heterocycles. The van der Waals surface area contributed by atoms with Gasteiger partial charge in [-0.05, 0) is 42.9 Å². The highest BCUT2D eigenvalue weighted by Crippen LogP contribution is 2.37. The molecule has 2 aliphatic heterocycles. The van der Waals surface area contributed by atoms with Crippen molar-refractivity contribution in [3.63, 3.8) is 0 Å². The van der Waals surface area contributed by atoms with Crippen LogP contribution in [0.4, 0.5) is 18.0 Å². The minimum Gasteiger partial charge on any atom is -0.339 e. The number of carbonyl (C=O) groups excluding carboxylic acids is 1. The third-order valence-electron chi connectivity index (χ3n) is 7.57. The lowest BCUT2D eigenvalue weighted by Gasteiger charge is -2.40. The molecule has 2 amide bonds. The molecular weight excluding hydrogens is 495 g/mol. The van der Waals surface area contributed by atoms with Crippen molar-refractivity contribution in [1.29, 1.82) is 5.26 Å². The predicted octanol–water partition coefficient (Wildman–Crippen LogP) is 5.64. The van der Waals surface area contributed by atoms with Crippen LogP contribution >= 0.6 is 0 Å². The molecule has 3 aromatic rings. The monoisotopic (exact) mass is 523 g/mol. The average Bonchev–Trinajstić information content (AvgIpc) is 3.44. The lowest BCUT2D eigenvalue weighted by molar-refractivity contribution is 0.116. The molecule has 0 aliphatic carbocycles. The van der Waals surface area contributed by atoms with Crippen molar-refractivity contribution in [3.05, 3.63) is 70.9 Å². The summed E-state index contributed by atoms with van der Waals surface area (Å²) in [5.74, 6) is -3.85. The Labute approximate surface area is 218 Å². The molecule has 2 fully saturated rings. The van der Waals surface area contributed by atoms with Crippen LogP contribution in [0.25, 0.3) is 11.4 Å². The summed E-state index contributed by atoms with van der Waals surface area (Å²) in [6.07, 6.45) is 2.83. The number of benzene rings is 2. The van der Waals surface area contributed by atoms with Crippen LogP contribution in [0.1, 0.15) is 55.0 Å². The third-order valence-corrected chi connectivity index (χ3v) is 7.57. The van der Waals surface area contributed by atoms with Gasteiger partial charge in [0.05, 0.1) is 17.6 Å². The van der Waals surface area contributed by atoms with Gasteiger partial charge in [0.15, 0.2) is 11.6 Å². The largest absolute Gasteiger partial charge is 0.339 e. The number of piperidine rings is 2. The number of nitrogens with zero attached hydrogens (tertiary/aromatic N) is 5. The number of hydrogen-bond donors (Lipinski definition) is 0. The molecule has 38 heavy (non-hydrogen) atoms. The summed E-state index contributed by atoms with van der Waals surface area (Å²) < 4.78 is 47.0. The van der Waals surface area contributed by atoms with Gasteiger partial charge in [-0.3, -0.25) is 0 Å². The number of halogens is 3. The SMILES string of the molecule is CCc1ccc(C2CC(c3nc(-c4cc(F)c(F)cc4F)no3)CN(C(=O)N3CCC(C#N)CC3)C2)cc1. The number of nitriles is 1. The van der Waals surface area contributed by atoms with Crippen LogP contribution in [0.15, 0.2) is 40.9 Å². The second-order valence-corrected chi connectivity index (χ2v) is 10.0. The van der Waals surface area contributed by atoms with E-state index in [4.69, 9.17) is 4.52 Å². The molecule has 0 N–H and O–H groups in total. The molecule has 2 atom stereocenters. The average molecular weight is 524 g/mol. The summed E-state index contributed by atoms with van der Waals surface area (Å²) in [7, 11) is 0. The number of amides is 2. The van der Waals surface area contributed by atoms with Gasteiger partial charge < -0.3 is 14.3 Å². The zero-order valence-electron chi connectivity index (χ0n) is 21.0. The Bertz CT molecular complexity index is 1350. The van der Waals surface area contributed by atoms with E-state index in [1.54, 1.807) is 9.80 Å². The first-order valence-corrected chi connectivity index (χ1v) is 12.9. The molecule has 7 nitrogen and oxygen atoms in total. The molecule has 0 radical (unpaired) electrons. The van der Waals surface area contributed by atoms with E-state index in [0.717, 1.165) is 12.0 Å². The van der Waals surface area contributed by atoms with Gasteiger partial charge in [-0.1, -0.05) is 36.3 Å². The zero-order valence-corrected chi connectivity index (χ0v) is 21.0. The van der Waals surface area contributed by atoms with Gasteiger partial charge in [-0.2, -0.15) is 10.2 Å². The molecule has 0 spiro atoms. The van der Waals surface area contributed by atoms with Gasteiger partial charge >= 0.3 is 6.03 Å². The fourth-order valence-electron chi connectivity index (χ4n) is 5.31. The van der Waals surface area contributed by atoms with Gasteiger partial charge in [0.2, 0.25) is 11.7 Å². The molecule has 2 aromatic carbocycles. The summed E-state index contributed by atoms with van der Waals surface area (Å²) in [6, 6.07) is 11.6. The second-order valence-electron chi connectivity index (χ2n) is 10.0. The fraction of sp³-hybridized carbons (Fsp3) is 0.429. The minimum absolute atomic E-state index is 0.00407. The van der Waals surface area contributed by atoms with Crippen molar-refractivity contribution in [2.24, 2.45) is 5.92 Å². The standard InChI is InChI=1S/C28H28F3N5O2/c1-2-17-3-5-19(6-4-17)20-11-21(16-36(15-20)28(37)35-9-7-18(14-32)8-10-35)27-33-26(34-38-27)22-12-24(30)25(31)13-23(22)29/h3-6,12-13,18,20-21H,2,7-11,15-16H2,1H3. The van der Waals surface area contributed by atoms with E-state index in [-0.39, 0.29) is 41.1 Å². The Morgan fingerprint density at radius 2 is 1.71 bits per heavy atom. The maximum Gasteiger partial charge on any atom is 0.320 e. The van der Waals surface area contributed by atoms with Crippen LogP contribution in [0.2, 0.25) is 0 Å². The normalized spacial score (nSPS) is 20.4. The van der Waals surface area contributed by atoms with E-state index >= 15 is 0 Å². The maximum absolute atomic E-state index is 14.3. The lowest BCUT2D eigenvalue weighted by Crippen LogP contribution is -2.51. The van der Waals surface area contributed by atoms with Crippen molar-refractivity contribution >= 4 is 6.03 Å². The summed E-state index contributed by atoms with van der Waals surface area (Å²) in [4.78, 5) is 21.4. The molecule has 2 saturated heterocycles. The van der Waals surface area contributed by atoms with Gasteiger partial charge in [0.1, 0.15) is 5.82 Å². The van der Waals surface area contributed by atoms with Gasteiger partial charge in [0.25, 0.3) is 0 Å². The maximum atomic E-state index is 14.3. The molecule has 2 aliphatic rings. The number of urea groups is 1. The Balaban J connectivity index is 1.41. The van der Waals surface area contributed by atoms with Crippen molar-refractivity contribution in [2.75, 3.05) is 26.2 Å². The van der Waals surface area contributed by atoms with Gasteiger partial charge in [-0.25, -0.2) is 18.0 Å². The molecule has 0 saturated carbocycles. The number of carbonyl (C=O) groups is 1. The lowest BCUT2D eigenvalue weighted by atomic mass is 9.84. The molecule has 198 valence electrons. The number of rotatable bonds is 4. The van der Waals surface area contributed by atoms with E-state index in [2.05, 4.69) is 47.4 Å².